The lowest BCUT2D eigenvalue weighted by Gasteiger charge is -2.34. The second kappa shape index (κ2) is 10.8. The first-order valence-corrected chi connectivity index (χ1v) is 12.9. The third-order valence-electron chi connectivity index (χ3n) is 6.47. The number of carbonyl (C=O) groups excluding carboxylic acids is 1. The van der Waals surface area contributed by atoms with E-state index < -0.39 is 11.9 Å². The summed E-state index contributed by atoms with van der Waals surface area (Å²) in [5.41, 5.74) is 1.60. The molecule has 0 unspecified atom stereocenters. The Bertz CT molecular complexity index is 1490. The maximum absolute atomic E-state index is 13.4. The predicted octanol–water partition coefficient (Wildman–Crippen LogP) is 5.12. The number of nitriles is 1. The molecule has 5 rings (SSSR count). The zero-order chi connectivity index (χ0) is 26.7. The van der Waals surface area contributed by atoms with Gasteiger partial charge >= 0.3 is 6.18 Å². The van der Waals surface area contributed by atoms with Gasteiger partial charge in [0.15, 0.2) is 0 Å². The monoisotopic (exact) mass is 536 g/mol. The Morgan fingerprint density at radius 3 is 2.66 bits per heavy atom. The molecule has 1 aromatic carbocycles. The van der Waals surface area contributed by atoms with Crippen LogP contribution in [0.3, 0.4) is 0 Å². The van der Waals surface area contributed by atoms with Crippen molar-refractivity contribution in [2.75, 3.05) is 44.6 Å². The minimum atomic E-state index is -4.54. The number of amides is 1. The number of hydrogen-bond acceptors (Lipinski definition) is 7. The lowest BCUT2D eigenvalue weighted by molar-refractivity contribution is -0.140. The van der Waals surface area contributed by atoms with Gasteiger partial charge in [0.05, 0.1) is 17.1 Å². The number of aromatic nitrogens is 2. The fourth-order valence-electron chi connectivity index (χ4n) is 4.45. The summed E-state index contributed by atoms with van der Waals surface area (Å²) in [5.74, 6) is 0.387. The normalized spacial score (nSPS) is 14.4. The van der Waals surface area contributed by atoms with E-state index in [9.17, 15) is 18.0 Å². The van der Waals surface area contributed by atoms with Gasteiger partial charge in [0.1, 0.15) is 11.5 Å². The zero-order valence-electron chi connectivity index (χ0n) is 20.2. The molecule has 1 fully saturated rings. The first-order chi connectivity index (χ1) is 18.3. The summed E-state index contributed by atoms with van der Waals surface area (Å²) in [5, 5.41) is 16.6. The van der Waals surface area contributed by atoms with Gasteiger partial charge in [-0.2, -0.15) is 29.8 Å². The van der Waals surface area contributed by atoms with Crippen molar-refractivity contribution in [2.24, 2.45) is 0 Å². The van der Waals surface area contributed by atoms with Gasteiger partial charge in [-0.05, 0) is 52.7 Å². The van der Waals surface area contributed by atoms with Crippen molar-refractivity contribution >= 4 is 34.0 Å². The molecule has 4 heterocycles. The van der Waals surface area contributed by atoms with Gasteiger partial charge in [-0.3, -0.25) is 9.69 Å². The van der Waals surface area contributed by atoms with Gasteiger partial charge in [-0.15, -0.1) is 0 Å². The first-order valence-electron chi connectivity index (χ1n) is 12.0. The molecule has 38 heavy (non-hydrogen) atoms. The number of nitrogens with one attached hydrogen (secondary N) is 1. The summed E-state index contributed by atoms with van der Waals surface area (Å²) in [7, 11) is 0. The number of carbonyl (C=O) groups is 1. The number of nitrogens with zero attached hydrogens (tertiary/aromatic N) is 5. The topological polar surface area (TPSA) is 85.2 Å². The molecule has 11 heteroatoms. The summed E-state index contributed by atoms with van der Waals surface area (Å²) < 4.78 is 40.1. The van der Waals surface area contributed by atoms with Crippen LogP contribution in [0.2, 0.25) is 0 Å². The Labute approximate surface area is 221 Å². The largest absolute Gasteiger partial charge is 0.433 e. The van der Waals surface area contributed by atoms with E-state index in [0.717, 1.165) is 11.6 Å². The Morgan fingerprint density at radius 1 is 1.13 bits per heavy atom. The van der Waals surface area contributed by atoms with Gasteiger partial charge in [-0.25, -0.2) is 9.97 Å². The van der Waals surface area contributed by atoms with Crippen molar-refractivity contribution in [1.82, 2.24) is 19.8 Å². The number of alkyl halides is 3. The number of halogens is 3. The van der Waals surface area contributed by atoms with E-state index in [4.69, 9.17) is 5.26 Å². The van der Waals surface area contributed by atoms with Crippen LogP contribution in [0.1, 0.15) is 21.6 Å². The Balaban J connectivity index is 1.23. The lowest BCUT2D eigenvalue weighted by atomic mass is 10.1. The molecule has 1 amide bonds. The van der Waals surface area contributed by atoms with E-state index in [1.807, 2.05) is 16.8 Å². The molecule has 1 N–H and O–H groups in total. The van der Waals surface area contributed by atoms with Crippen molar-refractivity contribution in [2.45, 2.75) is 6.18 Å². The molecule has 7 nitrogen and oxygen atoms in total. The number of fused-ring (bicyclic) bond motifs is 1. The Hall–Kier alpha value is -4.01. The molecule has 1 aliphatic heterocycles. The highest BCUT2D eigenvalue weighted by Crippen LogP contribution is 2.35. The van der Waals surface area contributed by atoms with Crippen molar-refractivity contribution in [3.8, 4) is 17.2 Å². The molecule has 0 saturated carbocycles. The van der Waals surface area contributed by atoms with Gasteiger partial charge in [0.25, 0.3) is 5.91 Å². The molecule has 1 aliphatic rings. The SMILES string of the molecule is N#Cc1cccc(C(=O)N2CCN(CCNc3ncc(-c4ccsc4)c4nc(C(F)(F)F)ccc34)CC2)c1. The zero-order valence-corrected chi connectivity index (χ0v) is 21.0. The van der Waals surface area contributed by atoms with E-state index >= 15 is 0 Å². The molecule has 0 bridgehead atoms. The van der Waals surface area contributed by atoms with Crippen LogP contribution in [0, 0.1) is 11.3 Å². The van der Waals surface area contributed by atoms with E-state index in [-0.39, 0.29) is 11.4 Å². The third kappa shape index (κ3) is 5.46. The van der Waals surface area contributed by atoms with Crippen LogP contribution in [-0.2, 0) is 6.18 Å². The molecular weight excluding hydrogens is 513 g/mol. The van der Waals surface area contributed by atoms with E-state index in [1.54, 1.807) is 35.4 Å². The average molecular weight is 537 g/mol. The molecule has 194 valence electrons. The van der Waals surface area contributed by atoms with Gasteiger partial charge in [0, 0.05) is 62.0 Å². The van der Waals surface area contributed by atoms with Crippen molar-refractivity contribution in [3.63, 3.8) is 0 Å². The summed E-state index contributed by atoms with van der Waals surface area (Å²) >= 11 is 1.45. The van der Waals surface area contributed by atoms with Crippen molar-refractivity contribution in [1.29, 1.82) is 5.26 Å². The maximum atomic E-state index is 13.4. The molecule has 3 aromatic heterocycles. The smallest absolute Gasteiger partial charge is 0.368 e. The fraction of sp³-hybridized carbons (Fsp3) is 0.259. The molecular formula is C27H23F3N6OS. The number of thiophene rings is 1. The number of piperazine rings is 1. The highest BCUT2D eigenvalue weighted by Gasteiger charge is 2.33. The average Bonchev–Trinajstić information content (AvgIpc) is 3.47. The van der Waals surface area contributed by atoms with Crippen LogP contribution in [0.4, 0.5) is 19.0 Å². The van der Waals surface area contributed by atoms with Crippen LogP contribution in [0.25, 0.3) is 22.0 Å². The maximum Gasteiger partial charge on any atom is 0.433 e. The molecule has 1 saturated heterocycles. The molecule has 4 aromatic rings. The summed E-state index contributed by atoms with van der Waals surface area (Å²) in [6.45, 7) is 3.71. The van der Waals surface area contributed by atoms with Gasteiger partial charge in [-0.1, -0.05) is 6.07 Å². The molecule has 0 atom stereocenters. The summed E-state index contributed by atoms with van der Waals surface area (Å²) in [6, 6.07) is 13.0. The van der Waals surface area contributed by atoms with Crippen molar-refractivity contribution in [3.05, 3.63) is 76.2 Å². The first kappa shape index (κ1) is 25.6. The second-order valence-corrected chi connectivity index (χ2v) is 9.66. The van der Waals surface area contributed by atoms with E-state index in [0.29, 0.717) is 67.2 Å². The number of anilines is 1. The van der Waals surface area contributed by atoms with Gasteiger partial charge in [0.2, 0.25) is 0 Å². The number of benzene rings is 1. The number of rotatable bonds is 6. The quantitative estimate of drug-likeness (QED) is 0.368. The predicted molar refractivity (Wildman–Crippen MR) is 140 cm³/mol. The van der Waals surface area contributed by atoms with Crippen LogP contribution >= 0.6 is 11.3 Å². The van der Waals surface area contributed by atoms with Crippen LogP contribution < -0.4 is 5.32 Å². The fourth-order valence-corrected chi connectivity index (χ4v) is 5.11. The van der Waals surface area contributed by atoms with Crippen LogP contribution in [-0.4, -0.2) is 64.9 Å². The Morgan fingerprint density at radius 2 is 1.95 bits per heavy atom. The third-order valence-corrected chi connectivity index (χ3v) is 7.15. The number of hydrogen-bond donors (Lipinski definition) is 1. The van der Waals surface area contributed by atoms with E-state index in [1.165, 1.54) is 17.4 Å². The van der Waals surface area contributed by atoms with E-state index in [2.05, 4.69) is 26.3 Å². The van der Waals surface area contributed by atoms with Crippen LogP contribution in [0.5, 0.6) is 0 Å². The minimum Gasteiger partial charge on any atom is -0.368 e. The molecule has 0 aliphatic carbocycles. The van der Waals surface area contributed by atoms with Crippen molar-refractivity contribution < 1.29 is 18.0 Å². The minimum absolute atomic E-state index is 0.0908. The standard InChI is InChI=1S/C27H23F3N6OS/c28-27(29,30)23-5-4-21-24(34-23)22(20-6-13-38-17-20)16-33-25(21)32-7-8-35-9-11-36(12-10-35)26(37)19-3-1-2-18(14-19)15-31/h1-6,13-14,16-17H,7-12H2,(H,32,33). The summed E-state index contributed by atoms with van der Waals surface area (Å²) in [6.07, 6.45) is -2.98. The summed E-state index contributed by atoms with van der Waals surface area (Å²) in [4.78, 5) is 25.2. The van der Waals surface area contributed by atoms with Gasteiger partial charge < -0.3 is 10.2 Å². The van der Waals surface area contributed by atoms with Crippen LogP contribution in [0.15, 0.2) is 59.4 Å². The lowest BCUT2D eigenvalue weighted by Crippen LogP contribution is -2.49. The number of pyridine rings is 2. The molecule has 0 spiro atoms. The second-order valence-electron chi connectivity index (χ2n) is 8.88. The Kier molecular flexibility index (Phi) is 7.26. The molecule has 0 radical (unpaired) electrons. The highest BCUT2D eigenvalue weighted by atomic mass is 32.1. The highest BCUT2D eigenvalue weighted by molar-refractivity contribution is 7.08.